The molecule has 1 rings (SSSR count). The zero-order chi connectivity index (χ0) is 12.7. The van der Waals surface area contributed by atoms with E-state index < -0.39 is 0 Å². The Morgan fingerprint density at radius 2 is 2.24 bits per heavy atom. The van der Waals surface area contributed by atoms with Crippen molar-refractivity contribution in [2.24, 2.45) is 0 Å². The highest BCUT2D eigenvalue weighted by atomic mass is 16.5. The monoisotopic (exact) mass is 233 g/mol. The fourth-order valence-corrected chi connectivity index (χ4v) is 1.50. The van der Waals surface area contributed by atoms with Crippen LogP contribution in [0.4, 0.5) is 0 Å². The van der Waals surface area contributed by atoms with Gasteiger partial charge in [-0.2, -0.15) is 0 Å². The van der Waals surface area contributed by atoms with Gasteiger partial charge in [0.15, 0.2) is 0 Å². The van der Waals surface area contributed by atoms with E-state index in [-0.39, 0.29) is 5.91 Å². The molecule has 0 atom stereocenters. The molecular weight excluding hydrogens is 214 g/mol. The minimum Gasteiger partial charge on any atom is -0.497 e. The van der Waals surface area contributed by atoms with Gasteiger partial charge in [0.05, 0.1) is 7.11 Å². The van der Waals surface area contributed by atoms with E-state index in [9.17, 15) is 4.79 Å². The summed E-state index contributed by atoms with van der Waals surface area (Å²) in [6.07, 6.45) is 2.79. The molecule has 0 radical (unpaired) electrons. The van der Waals surface area contributed by atoms with Crippen LogP contribution in [0.1, 0.15) is 25.8 Å². The summed E-state index contributed by atoms with van der Waals surface area (Å²) in [6.45, 7) is 4.36. The number of carbonyl (C=O) groups is 1. The highest BCUT2D eigenvalue weighted by molar-refractivity contribution is 5.92. The predicted octanol–water partition coefficient (Wildman–Crippen LogP) is 2.67. The van der Waals surface area contributed by atoms with Gasteiger partial charge in [-0.25, -0.2) is 0 Å². The first kappa shape index (κ1) is 13.3. The van der Waals surface area contributed by atoms with E-state index in [1.54, 1.807) is 7.11 Å². The Labute approximate surface area is 102 Å². The molecular formula is C14H19NO2. The lowest BCUT2D eigenvalue weighted by Crippen LogP contribution is -2.23. The first-order chi connectivity index (χ1) is 8.17. The lowest BCUT2D eigenvalue weighted by molar-refractivity contribution is -0.117. The van der Waals surface area contributed by atoms with Crippen molar-refractivity contribution in [3.8, 4) is 5.75 Å². The van der Waals surface area contributed by atoms with Crippen molar-refractivity contribution in [1.82, 2.24) is 5.32 Å². The molecule has 0 fully saturated rings. The summed E-state index contributed by atoms with van der Waals surface area (Å²) >= 11 is 0. The molecule has 0 aliphatic rings. The Kier molecular flexibility index (Phi) is 5.27. The van der Waals surface area contributed by atoms with Crippen LogP contribution in [-0.2, 0) is 11.3 Å². The second kappa shape index (κ2) is 6.74. The number of nitrogens with one attached hydrogen (secondary N) is 1. The molecule has 1 aromatic carbocycles. The fourth-order valence-electron chi connectivity index (χ4n) is 1.50. The van der Waals surface area contributed by atoms with Gasteiger partial charge in [0.1, 0.15) is 5.75 Å². The molecule has 0 saturated heterocycles. The molecule has 1 aromatic rings. The van der Waals surface area contributed by atoms with E-state index in [0.717, 1.165) is 23.3 Å². The summed E-state index contributed by atoms with van der Waals surface area (Å²) < 4.78 is 5.12. The van der Waals surface area contributed by atoms with Crippen LogP contribution in [0.3, 0.4) is 0 Å². The van der Waals surface area contributed by atoms with Gasteiger partial charge in [0.25, 0.3) is 0 Å². The lowest BCUT2D eigenvalue weighted by Gasteiger charge is -2.07. The standard InChI is InChI=1S/C14H19NO2/c1-4-6-11(2)14(16)15-10-12-7-5-8-13(9-12)17-3/h5-9H,4,10H2,1-3H3,(H,15,16). The van der Waals surface area contributed by atoms with Gasteiger partial charge in [0, 0.05) is 12.1 Å². The van der Waals surface area contributed by atoms with Crippen molar-refractivity contribution in [1.29, 1.82) is 0 Å². The molecule has 0 unspecified atom stereocenters. The van der Waals surface area contributed by atoms with Crippen molar-refractivity contribution in [3.05, 3.63) is 41.5 Å². The third kappa shape index (κ3) is 4.31. The molecule has 0 aromatic heterocycles. The summed E-state index contributed by atoms with van der Waals surface area (Å²) in [5.41, 5.74) is 1.79. The molecule has 1 amide bonds. The number of allylic oxidation sites excluding steroid dienone is 1. The molecule has 0 spiro atoms. The second-order valence-electron chi connectivity index (χ2n) is 3.83. The van der Waals surface area contributed by atoms with Crippen molar-refractivity contribution < 1.29 is 9.53 Å². The lowest BCUT2D eigenvalue weighted by atomic mass is 10.2. The van der Waals surface area contributed by atoms with Crippen LogP contribution in [0.2, 0.25) is 0 Å². The largest absolute Gasteiger partial charge is 0.497 e. The van der Waals surface area contributed by atoms with E-state index in [0.29, 0.717) is 6.54 Å². The van der Waals surface area contributed by atoms with Gasteiger partial charge in [-0.3, -0.25) is 4.79 Å². The number of benzene rings is 1. The Morgan fingerprint density at radius 1 is 1.47 bits per heavy atom. The number of rotatable bonds is 5. The molecule has 3 heteroatoms. The van der Waals surface area contributed by atoms with Crippen molar-refractivity contribution in [2.75, 3.05) is 7.11 Å². The van der Waals surface area contributed by atoms with E-state index in [4.69, 9.17) is 4.74 Å². The highest BCUT2D eigenvalue weighted by Crippen LogP contribution is 2.12. The number of hydrogen-bond acceptors (Lipinski definition) is 2. The summed E-state index contributed by atoms with van der Waals surface area (Å²) in [7, 11) is 1.63. The maximum atomic E-state index is 11.7. The van der Waals surface area contributed by atoms with Crippen LogP contribution in [0.15, 0.2) is 35.9 Å². The third-order valence-corrected chi connectivity index (χ3v) is 2.46. The number of methoxy groups -OCH3 is 1. The van der Waals surface area contributed by atoms with Crippen LogP contribution in [0, 0.1) is 0 Å². The topological polar surface area (TPSA) is 38.3 Å². The molecule has 1 N–H and O–H groups in total. The molecule has 17 heavy (non-hydrogen) atoms. The summed E-state index contributed by atoms with van der Waals surface area (Å²) in [5, 5.41) is 2.87. The van der Waals surface area contributed by atoms with E-state index >= 15 is 0 Å². The van der Waals surface area contributed by atoms with Crippen molar-refractivity contribution in [3.63, 3.8) is 0 Å². The predicted molar refractivity (Wildman–Crippen MR) is 68.9 cm³/mol. The average Bonchev–Trinajstić information content (AvgIpc) is 2.36. The van der Waals surface area contributed by atoms with Gasteiger partial charge in [-0.05, 0) is 31.0 Å². The Morgan fingerprint density at radius 3 is 2.88 bits per heavy atom. The van der Waals surface area contributed by atoms with Gasteiger partial charge in [0.2, 0.25) is 5.91 Å². The molecule has 3 nitrogen and oxygen atoms in total. The average molecular weight is 233 g/mol. The Hall–Kier alpha value is -1.77. The maximum Gasteiger partial charge on any atom is 0.246 e. The van der Waals surface area contributed by atoms with E-state index in [1.165, 1.54) is 0 Å². The zero-order valence-electron chi connectivity index (χ0n) is 10.6. The Bertz CT molecular complexity index is 410. The number of amides is 1. The highest BCUT2D eigenvalue weighted by Gasteiger charge is 2.03. The van der Waals surface area contributed by atoms with Crippen LogP contribution in [0.25, 0.3) is 0 Å². The minimum absolute atomic E-state index is 0.0188. The van der Waals surface area contributed by atoms with Crippen LogP contribution in [0.5, 0.6) is 5.75 Å². The number of carbonyl (C=O) groups excluding carboxylic acids is 1. The molecule has 0 bridgehead atoms. The number of ether oxygens (including phenoxy) is 1. The van der Waals surface area contributed by atoms with Crippen LogP contribution >= 0.6 is 0 Å². The maximum absolute atomic E-state index is 11.7. The second-order valence-corrected chi connectivity index (χ2v) is 3.83. The van der Waals surface area contributed by atoms with Gasteiger partial charge >= 0.3 is 0 Å². The summed E-state index contributed by atoms with van der Waals surface area (Å²) in [6, 6.07) is 7.67. The van der Waals surface area contributed by atoms with Gasteiger partial charge < -0.3 is 10.1 Å². The van der Waals surface area contributed by atoms with E-state index in [2.05, 4.69) is 5.32 Å². The van der Waals surface area contributed by atoms with Crippen molar-refractivity contribution >= 4 is 5.91 Å². The van der Waals surface area contributed by atoms with Gasteiger partial charge in [-0.1, -0.05) is 25.1 Å². The summed E-state index contributed by atoms with van der Waals surface area (Å²) in [5.74, 6) is 0.784. The molecule has 0 saturated carbocycles. The fraction of sp³-hybridized carbons (Fsp3) is 0.357. The quantitative estimate of drug-likeness (QED) is 0.794. The van der Waals surface area contributed by atoms with Crippen LogP contribution in [-0.4, -0.2) is 13.0 Å². The molecule has 0 aliphatic carbocycles. The smallest absolute Gasteiger partial charge is 0.246 e. The summed E-state index contributed by atoms with van der Waals surface area (Å²) in [4.78, 5) is 11.7. The molecule has 92 valence electrons. The van der Waals surface area contributed by atoms with Gasteiger partial charge in [-0.15, -0.1) is 0 Å². The van der Waals surface area contributed by atoms with Crippen LogP contribution < -0.4 is 10.1 Å². The normalized spacial score (nSPS) is 11.1. The van der Waals surface area contributed by atoms with E-state index in [1.807, 2.05) is 44.2 Å². The molecule has 0 aliphatic heterocycles. The third-order valence-electron chi connectivity index (χ3n) is 2.46. The number of hydrogen-bond donors (Lipinski definition) is 1. The zero-order valence-corrected chi connectivity index (χ0v) is 10.6. The van der Waals surface area contributed by atoms with Crippen molar-refractivity contribution in [2.45, 2.75) is 26.8 Å². The SMILES string of the molecule is CCC=C(C)C(=O)NCc1cccc(OC)c1. The minimum atomic E-state index is -0.0188. The molecule has 0 heterocycles. The first-order valence-corrected chi connectivity index (χ1v) is 5.75. The Balaban J connectivity index is 2.55. The first-order valence-electron chi connectivity index (χ1n) is 5.75.